The van der Waals surface area contributed by atoms with Gasteiger partial charge in [0.15, 0.2) is 0 Å². The standard InChI is InChI=1S/C23H39N3O4/c1-23(2,3)30-22(29)26-10-8-19(9-11-26)17-21(28)25-14-12-24(13-15-25)20(27)16-18-6-4-5-7-18/h18-19H,4-17H2,1-3H3. The van der Waals surface area contributed by atoms with Crippen LogP contribution in [-0.2, 0) is 14.3 Å². The van der Waals surface area contributed by atoms with Crippen LogP contribution in [0.4, 0.5) is 4.79 Å². The highest BCUT2D eigenvalue weighted by atomic mass is 16.6. The minimum atomic E-state index is -0.482. The van der Waals surface area contributed by atoms with Gasteiger partial charge in [-0.2, -0.15) is 0 Å². The first-order valence-corrected chi connectivity index (χ1v) is 11.7. The Morgan fingerprint density at radius 2 is 1.13 bits per heavy atom. The number of piperazine rings is 1. The minimum absolute atomic E-state index is 0.189. The Kier molecular flexibility index (Phi) is 7.64. The smallest absolute Gasteiger partial charge is 0.410 e. The zero-order valence-corrected chi connectivity index (χ0v) is 19.0. The lowest BCUT2D eigenvalue weighted by molar-refractivity contribution is -0.140. The van der Waals surface area contributed by atoms with Gasteiger partial charge in [0.2, 0.25) is 11.8 Å². The van der Waals surface area contributed by atoms with Crippen LogP contribution in [0.15, 0.2) is 0 Å². The molecule has 2 aliphatic heterocycles. The number of likely N-dealkylation sites (tertiary alicyclic amines) is 1. The first kappa shape index (κ1) is 22.9. The number of hydrogen-bond donors (Lipinski definition) is 0. The van der Waals surface area contributed by atoms with E-state index in [4.69, 9.17) is 4.74 Å². The number of hydrogen-bond acceptors (Lipinski definition) is 4. The van der Waals surface area contributed by atoms with Crippen molar-refractivity contribution in [3.8, 4) is 0 Å². The highest BCUT2D eigenvalue weighted by Crippen LogP contribution is 2.28. The molecule has 0 spiro atoms. The summed E-state index contributed by atoms with van der Waals surface area (Å²) >= 11 is 0. The Labute approximate surface area is 181 Å². The van der Waals surface area contributed by atoms with E-state index in [0.29, 0.717) is 63.9 Å². The van der Waals surface area contributed by atoms with Crippen LogP contribution in [0.1, 0.15) is 72.1 Å². The number of amides is 3. The van der Waals surface area contributed by atoms with Crippen molar-refractivity contribution in [2.24, 2.45) is 11.8 Å². The summed E-state index contributed by atoms with van der Waals surface area (Å²) in [6.07, 6.45) is 7.55. The quantitative estimate of drug-likeness (QED) is 0.699. The Bertz CT molecular complexity index is 608. The molecule has 2 saturated heterocycles. The Morgan fingerprint density at radius 1 is 0.700 bits per heavy atom. The molecule has 0 atom stereocenters. The molecule has 2 heterocycles. The summed E-state index contributed by atoms with van der Waals surface area (Å²) in [7, 11) is 0. The lowest BCUT2D eigenvalue weighted by Gasteiger charge is -2.37. The molecule has 0 aromatic heterocycles. The van der Waals surface area contributed by atoms with Crippen LogP contribution >= 0.6 is 0 Å². The Morgan fingerprint density at radius 3 is 1.57 bits per heavy atom. The van der Waals surface area contributed by atoms with E-state index in [-0.39, 0.29) is 17.9 Å². The van der Waals surface area contributed by atoms with Crippen molar-refractivity contribution in [1.29, 1.82) is 0 Å². The molecule has 3 rings (SSSR count). The number of carbonyl (C=O) groups is 3. The SMILES string of the molecule is CC(C)(C)OC(=O)N1CCC(CC(=O)N2CCN(C(=O)CC3CCCC3)CC2)CC1. The maximum Gasteiger partial charge on any atom is 0.410 e. The number of piperidine rings is 1. The molecule has 30 heavy (non-hydrogen) atoms. The van der Waals surface area contributed by atoms with Gasteiger partial charge in [-0.15, -0.1) is 0 Å². The predicted octanol–water partition coefficient (Wildman–Crippen LogP) is 3.27. The zero-order valence-electron chi connectivity index (χ0n) is 19.0. The van der Waals surface area contributed by atoms with E-state index in [2.05, 4.69) is 0 Å². The van der Waals surface area contributed by atoms with Crippen molar-refractivity contribution >= 4 is 17.9 Å². The summed E-state index contributed by atoms with van der Waals surface area (Å²) in [6, 6.07) is 0. The minimum Gasteiger partial charge on any atom is -0.444 e. The van der Waals surface area contributed by atoms with Gasteiger partial charge in [-0.1, -0.05) is 12.8 Å². The maximum absolute atomic E-state index is 12.7. The third-order valence-electron chi connectivity index (χ3n) is 6.65. The van der Waals surface area contributed by atoms with Gasteiger partial charge in [0.25, 0.3) is 0 Å². The molecule has 3 amide bonds. The van der Waals surface area contributed by atoms with E-state index >= 15 is 0 Å². The molecule has 0 unspecified atom stereocenters. The molecule has 0 aromatic carbocycles. The largest absolute Gasteiger partial charge is 0.444 e. The topological polar surface area (TPSA) is 70.2 Å². The van der Waals surface area contributed by atoms with Crippen molar-refractivity contribution < 1.29 is 19.1 Å². The van der Waals surface area contributed by atoms with Crippen LogP contribution in [-0.4, -0.2) is 77.5 Å². The number of rotatable bonds is 4. The highest BCUT2D eigenvalue weighted by molar-refractivity contribution is 5.79. The number of carbonyl (C=O) groups excluding carboxylic acids is 3. The summed E-state index contributed by atoms with van der Waals surface area (Å²) in [5.74, 6) is 1.35. The third kappa shape index (κ3) is 6.61. The van der Waals surface area contributed by atoms with Crippen LogP contribution in [0.25, 0.3) is 0 Å². The second-order valence-corrected chi connectivity index (χ2v) is 10.2. The number of nitrogens with zero attached hydrogens (tertiary/aromatic N) is 3. The lowest BCUT2D eigenvalue weighted by Crippen LogP contribution is -2.51. The van der Waals surface area contributed by atoms with Gasteiger partial charge in [0.05, 0.1) is 0 Å². The molecule has 3 aliphatic rings. The van der Waals surface area contributed by atoms with E-state index in [0.717, 1.165) is 12.8 Å². The van der Waals surface area contributed by atoms with E-state index < -0.39 is 5.60 Å². The molecule has 0 N–H and O–H groups in total. The second kappa shape index (κ2) is 10.0. The van der Waals surface area contributed by atoms with Gasteiger partial charge >= 0.3 is 6.09 Å². The van der Waals surface area contributed by atoms with Crippen molar-refractivity contribution in [1.82, 2.24) is 14.7 Å². The first-order chi connectivity index (χ1) is 14.2. The summed E-state index contributed by atoms with van der Waals surface area (Å²) in [6.45, 7) is 9.53. The highest BCUT2D eigenvalue weighted by Gasteiger charge is 2.30. The molecule has 0 aromatic rings. The normalized spacial score (nSPS) is 21.8. The average Bonchev–Trinajstić information content (AvgIpc) is 3.20. The molecular weight excluding hydrogens is 382 g/mol. The Hall–Kier alpha value is -1.79. The van der Waals surface area contributed by atoms with Crippen LogP contribution < -0.4 is 0 Å². The number of ether oxygens (including phenoxy) is 1. The fraction of sp³-hybridized carbons (Fsp3) is 0.870. The van der Waals surface area contributed by atoms with Gasteiger partial charge in [0.1, 0.15) is 5.60 Å². The second-order valence-electron chi connectivity index (χ2n) is 10.2. The van der Waals surface area contributed by atoms with Crippen LogP contribution in [0.5, 0.6) is 0 Å². The maximum atomic E-state index is 12.7. The molecule has 170 valence electrons. The van der Waals surface area contributed by atoms with Gasteiger partial charge in [-0.05, 0) is 58.3 Å². The summed E-state index contributed by atoms with van der Waals surface area (Å²) in [5, 5.41) is 0. The molecule has 3 fully saturated rings. The average molecular weight is 422 g/mol. The van der Waals surface area contributed by atoms with Crippen LogP contribution in [0, 0.1) is 11.8 Å². The zero-order chi connectivity index (χ0) is 21.7. The Balaban J connectivity index is 1.35. The van der Waals surface area contributed by atoms with Gasteiger partial charge in [0, 0.05) is 52.1 Å². The van der Waals surface area contributed by atoms with Crippen molar-refractivity contribution in [2.45, 2.75) is 77.7 Å². The van der Waals surface area contributed by atoms with Gasteiger partial charge in [-0.3, -0.25) is 9.59 Å². The monoisotopic (exact) mass is 421 g/mol. The van der Waals surface area contributed by atoms with Gasteiger partial charge in [-0.25, -0.2) is 4.79 Å². The fourth-order valence-corrected chi connectivity index (χ4v) is 4.82. The van der Waals surface area contributed by atoms with Crippen molar-refractivity contribution in [3.05, 3.63) is 0 Å². The predicted molar refractivity (Wildman–Crippen MR) is 115 cm³/mol. The molecule has 0 radical (unpaired) electrons. The molecule has 1 saturated carbocycles. The summed E-state index contributed by atoms with van der Waals surface area (Å²) in [4.78, 5) is 43.0. The van der Waals surface area contributed by atoms with Crippen LogP contribution in [0.3, 0.4) is 0 Å². The molecule has 0 bridgehead atoms. The molecule has 1 aliphatic carbocycles. The third-order valence-corrected chi connectivity index (χ3v) is 6.65. The molecule has 7 nitrogen and oxygen atoms in total. The summed E-state index contributed by atoms with van der Waals surface area (Å²) < 4.78 is 5.44. The van der Waals surface area contributed by atoms with E-state index in [9.17, 15) is 14.4 Å². The van der Waals surface area contributed by atoms with Crippen molar-refractivity contribution in [3.63, 3.8) is 0 Å². The van der Waals surface area contributed by atoms with E-state index in [1.54, 1.807) is 4.90 Å². The summed E-state index contributed by atoms with van der Waals surface area (Å²) in [5.41, 5.74) is -0.482. The molecular formula is C23H39N3O4. The van der Waals surface area contributed by atoms with Crippen molar-refractivity contribution in [2.75, 3.05) is 39.3 Å². The van der Waals surface area contributed by atoms with Crippen LogP contribution in [0.2, 0.25) is 0 Å². The lowest BCUT2D eigenvalue weighted by atomic mass is 9.93. The molecule has 7 heteroatoms. The first-order valence-electron chi connectivity index (χ1n) is 11.7. The van der Waals surface area contributed by atoms with E-state index in [1.165, 1.54) is 25.7 Å². The van der Waals surface area contributed by atoms with E-state index in [1.807, 2.05) is 30.6 Å². The van der Waals surface area contributed by atoms with Gasteiger partial charge < -0.3 is 19.4 Å². The fourth-order valence-electron chi connectivity index (χ4n) is 4.82.